The Hall–Kier alpha value is -2.91. The van der Waals surface area contributed by atoms with E-state index < -0.39 is 17.1 Å². The number of aromatic amines is 1. The van der Waals surface area contributed by atoms with Crippen molar-refractivity contribution in [2.45, 2.75) is 13.8 Å². The van der Waals surface area contributed by atoms with Gasteiger partial charge < -0.3 is 10.0 Å². The van der Waals surface area contributed by atoms with E-state index in [1.807, 2.05) is 4.90 Å². The highest BCUT2D eigenvalue weighted by atomic mass is 35.5. The summed E-state index contributed by atoms with van der Waals surface area (Å²) in [5, 5.41) is 11.1. The molecule has 2 heterocycles. The fourth-order valence-corrected chi connectivity index (χ4v) is 3.53. The Balaban J connectivity index is 1.77. The first-order valence-electron chi connectivity index (χ1n) is 9.61. The molecule has 1 aromatic heterocycles. The molecule has 2 N–H and O–H groups in total. The molecular formula is C20H24ClN5O4. The smallest absolute Gasteiger partial charge is 0.335 e. The third kappa shape index (κ3) is 4.80. The number of hydrogen-bond acceptors (Lipinski definition) is 6. The summed E-state index contributed by atoms with van der Waals surface area (Å²) in [6.45, 7) is 7.17. The number of rotatable bonds is 5. The Kier molecular flexibility index (Phi) is 6.73. The Labute approximate surface area is 178 Å². The Morgan fingerprint density at radius 3 is 2.37 bits per heavy atom. The number of piperazine rings is 1. The van der Waals surface area contributed by atoms with E-state index >= 15 is 0 Å². The average molecular weight is 434 g/mol. The first-order valence-corrected chi connectivity index (χ1v) is 9.99. The number of benzene rings is 1. The van der Waals surface area contributed by atoms with Crippen molar-refractivity contribution >= 4 is 23.2 Å². The lowest BCUT2D eigenvalue weighted by atomic mass is 10.2. The van der Waals surface area contributed by atoms with Crippen LogP contribution in [0.4, 0.5) is 0 Å². The highest BCUT2D eigenvalue weighted by Crippen LogP contribution is 2.19. The second-order valence-corrected chi connectivity index (χ2v) is 7.52. The van der Waals surface area contributed by atoms with Gasteiger partial charge in [0.2, 0.25) is 11.8 Å². The van der Waals surface area contributed by atoms with Crippen molar-refractivity contribution in [3.63, 3.8) is 0 Å². The summed E-state index contributed by atoms with van der Waals surface area (Å²) in [4.78, 5) is 46.6. The maximum absolute atomic E-state index is 12.3. The zero-order valence-corrected chi connectivity index (χ0v) is 17.6. The number of hydrogen-bond donors (Lipinski definition) is 2. The van der Waals surface area contributed by atoms with Gasteiger partial charge in [-0.3, -0.25) is 24.5 Å². The summed E-state index contributed by atoms with van der Waals surface area (Å²) >= 11 is 5.88. The van der Waals surface area contributed by atoms with Crippen LogP contribution in [0.15, 0.2) is 38.8 Å². The number of nitrogens with one attached hydrogen (secondary N) is 1. The zero-order valence-electron chi connectivity index (χ0n) is 16.9. The minimum Gasteiger partial charge on any atom is -0.493 e. The second kappa shape index (κ2) is 9.27. The maximum atomic E-state index is 12.3. The van der Waals surface area contributed by atoms with Crippen LogP contribution in [0.2, 0.25) is 5.02 Å². The van der Waals surface area contributed by atoms with Crippen LogP contribution < -0.4 is 11.2 Å². The van der Waals surface area contributed by atoms with Crippen LogP contribution >= 0.6 is 11.6 Å². The Bertz CT molecular complexity index is 1070. The number of nitrogens with zero attached hydrogens (tertiary/aromatic N) is 4. The first kappa shape index (κ1) is 21.8. The van der Waals surface area contributed by atoms with Crippen LogP contribution in [0.1, 0.15) is 19.4 Å². The molecule has 1 saturated heterocycles. The van der Waals surface area contributed by atoms with Gasteiger partial charge >= 0.3 is 5.69 Å². The average Bonchev–Trinajstić information content (AvgIpc) is 2.69. The molecule has 0 radical (unpaired) electrons. The van der Waals surface area contributed by atoms with E-state index in [2.05, 4.69) is 14.9 Å². The fraction of sp³-hybridized carbons (Fsp3) is 0.400. The van der Waals surface area contributed by atoms with Crippen molar-refractivity contribution in [1.29, 1.82) is 0 Å². The molecule has 9 nitrogen and oxygen atoms in total. The minimum atomic E-state index is -0.750. The molecule has 10 heteroatoms. The highest BCUT2D eigenvalue weighted by molar-refractivity contribution is 6.30. The third-order valence-electron chi connectivity index (χ3n) is 5.12. The Morgan fingerprint density at radius 1 is 1.13 bits per heavy atom. The first-order chi connectivity index (χ1) is 14.3. The molecular weight excluding hydrogens is 410 g/mol. The second-order valence-electron chi connectivity index (χ2n) is 7.08. The number of amides is 1. The van der Waals surface area contributed by atoms with E-state index in [1.54, 1.807) is 38.1 Å². The summed E-state index contributed by atoms with van der Waals surface area (Å²) in [6, 6.07) is 6.30. The van der Waals surface area contributed by atoms with Gasteiger partial charge in [-0.05, 0) is 31.2 Å². The van der Waals surface area contributed by atoms with E-state index in [9.17, 15) is 19.5 Å². The van der Waals surface area contributed by atoms with E-state index in [-0.39, 0.29) is 11.5 Å². The molecule has 160 valence electrons. The van der Waals surface area contributed by atoms with Crippen LogP contribution in [0.5, 0.6) is 5.88 Å². The minimum absolute atomic E-state index is 0.0500. The largest absolute Gasteiger partial charge is 0.493 e. The number of H-pyrrole nitrogens is 1. The molecule has 1 fully saturated rings. The van der Waals surface area contributed by atoms with Crippen molar-refractivity contribution in [1.82, 2.24) is 19.4 Å². The summed E-state index contributed by atoms with van der Waals surface area (Å²) in [6.07, 6.45) is 0. The van der Waals surface area contributed by atoms with E-state index in [0.717, 1.165) is 17.7 Å². The van der Waals surface area contributed by atoms with Crippen LogP contribution in [-0.2, 0) is 4.79 Å². The number of aromatic hydroxyl groups is 1. The van der Waals surface area contributed by atoms with Crippen LogP contribution in [0, 0.1) is 0 Å². The fourth-order valence-electron chi connectivity index (χ4n) is 3.41. The predicted molar refractivity (Wildman–Crippen MR) is 115 cm³/mol. The Morgan fingerprint density at radius 2 is 1.77 bits per heavy atom. The molecule has 0 bridgehead atoms. The normalized spacial score (nSPS) is 15.4. The number of carbonyl (C=O) groups is 1. The maximum Gasteiger partial charge on any atom is 0.335 e. The van der Waals surface area contributed by atoms with Gasteiger partial charge in [0, 0.05) is 50.4 Å². The molecule has 30 heavy (non-hydrogen) atoms. The molecule has 1 amide bonds. The van der Waals surface area contributed by atoms with Crippen LogP contribution in [-0.4, -0.2) is 75.3 Å². The molecule has 1 aromatic carbocycles. The van der Waals surface area contributed by atoms with Gasteiger partial charge in [0.15, 0.2) is 0 Å². The molecule has 1 aliphatic heterocycles. The van der Waals surface area contributed by atoms with Crippen molar-refractivity contribution in [3.8, 4) is 11.6 Å². The molecule has 1 aliphatic rings. The monoisotopic (exact) mass is 433 g/mol. The van der Waals surface area contributed by atoms with Gasteiger partial charge in [-0.25, -0.2) is 9.36 Å². The molecule has 0 atom stereocenters. The van der Waals surface area contributed by atoms with Gasteiger partial charge in [0.1, 0.15) is 5.56 Å². The van der Waals surface area contributed by atoms with Gasteiger partial charge in [0.05, 0.1) is 12.2 Å². The van der Waals surface area contributed by atoms with Crippen LogP contribution in [0.3, 0.4) is 0 Å². The molecule has 0 aliphatic carbocycles. The van der Waals surface area contributed by atoms with Crippen LogP contribution in [0.25, 0.3) is 5.69 Å². The third-order valence-corrected chi connectivity index (χ3v) is 5.37. The van der Waals surface area contributed by atoms with E-state index in [1.165, 1.54) is 0 Å². The summed E-state index contributed by atoms with van der Waals surface area (Å²) in [7, 11) is 0. The van der Waals surface area contributed by atoms with Crippen molar-refractivity contribution in [2.75, 3.05) is 39.3 Å². The lowest BCUT2D eigenvalue weighted by molar-refractivity contribution is -0.130. The standard InChI is InChI=1S/C20H24ClN5O4/c1-13(22-7-8-24-9-11-25(12-10-24)14(2)27)17-18(28)23-20(30)26(19(17)29)16-5-3-15(21)4-6-16/h3-6,29H,7-12H2,1-2H3,(H,23,28,30). The zero-order chi connectivity index (χ0) is 21.8. The van der Waals surface area contributed by atoms with Crippen molar-refractivity contribution in [2.24, 2.45) is 4.99 Å². The lowest BCUT2D eigenvalue weighted by Gasteiger charge is -2.33. The van der Waals surface area contributed by atoms with Gasteiger partial charge in [0.25, 0.3) is 5.56 Å². The molecule has 0 unspecified atom stereocenters. The topological polar surface area (TPSA) is 111 Å². The van der Waals surface area contributed by atoms with Gasteiger partial charge in [-0.1, -0.05) is 11.6 Å². The lowest BCUT2D eigenvalue weighted by Crippen LogP contribution is -2.48. The van der Waals surface area contributed by atoms with Crippen molar-refractivity contribution < 1.29 is 9.90 Å². The molecule has 0 saturated carbocycles. The van der Waals surface area contributed by atoms with Gasteiger partial charge in [-0.15, -0.1) is 0 Å². The quantitative estimate of drug-likeness (QED) is 0.679. The number of aromatic nitrogens is 2. The highest BCUT2D eigenvalue weighted by Gasteiger charge is 2.19. The predicted octanol–water partition coefficient (Wildman–Crippen LogP) is 0.858. The number of halogens is 1. The number of carbonyl (C=O) groups excluding carboxylic acids is 1. The number of aliphatic imine (C=N–C) groups is 1. The summed E-state index contributed by atoms with van der Waals surface area (Å²) in [5.41, 5.74) is -0.793. The van der Waals surface area contributed by atoms with E-state index in [4.69, 9.17) is 11.6 Å². The molecule has 2 aromatic rings. The van der Waals surface area contributed by atoms with E-state index in [0.29, 0.717) is 42.6 Å². The molecule has 0 spiro atoms. The van der Waals surface area contributed by atoms with Crippen molar-refractivity contribution in [3.05, 3.63) is 55.7 Å². The SMILES string of the molecule is CC(=O)N1CCN(CCN=C(C)c2c(O)n(-c3ccc(Cl)cc3)c(=O)[nH]c2=O)CC1. The molecule has 3 rings (SSSR count). The summed E-state index contributed by atoms with van der Waals surface area (Å²) in [5.74, 6) is -0.392. The summed E-state index contributed by atoms with van der Waals surface area (Å²) < 4.78 is 1.01. The van der Waals surface area contributed by atoms with Gasteiger partial charge in [-0.2, -0.15) is 0 Å².